The summed E-state index contributed by atoms with van der Waals surface area (Å²) in [4.78, 5) is 12.1. The monoisotopic (exact) mass is 440 g/mol. The molecule has 2 fully saturated rings. The Morgan fingerprint density at radius 2 is 1.59 bits per heavy atom. The van der Waals surface area contributed by atoms with Crippen LogP contribution < -0.4 is 0 Å². The molecule has 0 spiro atoms. The van der Waals surface area contributed by atoms with E-state index in [-0.39, 0.29) is 11.5 Å². The van der Waals surface area contributed by atoms with Crippen molar-refractivity contribution in [2.24, 2.45) is 23.2 Å². The Kier molecular flexibility index (Phi) is 8.35. The first-order valence-electron chi connectivity index (χ1n) is 14.2. The second-order valence-corrected chi connectivity index (χ2v) is 11.8. The van der Waals surface area contributed by atoms with Crippen LogP contribution in [0.1, 0.15) is 129 Å². The minimum atomic E-state index is -0.112. The maximum atomic E-state index is 12.1. The van der Waals surface area contributed by atoms with Gasteiger partial charge in [-0.1, -0.05) is 83.6 Å². The van der Waals surface area contributed by atoms with Crippen LogP contribution in [0.3, 0.4) is 0 Å². The molecule has 1 N–H and O–H groups in total. The molecule has 0 saturated heterocycles. The Bertz CT molecular complexity index is 716. The number of hydrogen-bond acceptors (Lipinski definition) is 2. The van der Waals surface area contributed by atoms with Crippen LogP contribution in [0.15, 0.2) is 22.8 Å². The van der Waals surface area contributed by atoms with Gasteiger partial charge in [0, 0.05) is 6.42 Å². The second kappa shape index (κ2) is 11.0. The quantitative estimate of drug-likeness (QED) is 0.330. The lowest BCUT2D eigenvalue weighted by Gasteiger charge is -2.52. The van der Waals surface area contributed by atoms with Gasteiger partial charge in [0.1, 0.15) is 0 Å². The van der Waals surface area contributed by atoms with Crippen molar-refractivity contribution < 1.29 is 9.90 Å². The third-order valence-electron chi connectivity index (χ3n) is 9.69. The van der Waals surface area contributed by atoms with E-state index in [9.17, 15) is 9.90 Å². The van der Waals surface area contributed by atoms with Crippen molar-refractivity contribution in [3.63, 3.8) is 0 Å². The van der Waals surface area contributed by atoms with Crippen molar-refractivity contribution in [2.45, 2.75) is 136 Å². The number of hydrogen-bond donors (Lipinski definition) is 1. The summed E-state index contributed by atoms with van der Waals surface area (Å²) in [6, 6.07) is 0. The van der Waals surface area contributed by atoms with E-state index in [0.29, 0.717) is 30.0 Å². The average molecular weight is 441 g/mol. The maximum absolute atomic E-state index is 12.1. The van der Waals surface area contributed by atoms with Gasteiger partial charge in [0.05, 0.1) is 6.10 Å². The van der Waals surface area contributed by atoms with Gasteiger partial charge >= 0.3 is 0 Å². The summed E-state index contributed by atoms with van der Waals surface area (Å²) >= 11 is 0. The summed E-state index contributed by atoms with van der Waals surface area (Å²) in [5.74, 6) is 2.29. The fourth-order valence-electron chi connectivity index (χ4n) is 7.94. The number of allylic oxidation sites excluding steroid dienone is 4. The van der Waals surface area contributed by atoms with Crippen LogP contribution in [0.2, 0.25) is 0 Å². The molecule has 4 aliphatic rings. The Labute approximate surface area is 197 Å². The predicted octanol–water partition coefficient (Wildman–Crippen LogP) is 8.09. The van der Waals surface area contributed by atoms with Gasteiger partial charge in [-0.3, -0.25) is 4.79 Å². The second-order valence-electron chi connectivity index (χ2n) is 11.8. The highest BCUT2D eigenvalue weighted by atomic mass is 16.3. The largest absolute Gasteiger partial charge is 0.393 e. The molecule has 0 aromatic heterocycles. The number of ketones is 1. The minimum absolute atomic E-state index is 0.112. The molecule has 0 amide bonds. The smallest absolute Gasteiger partial charge is 0.156 e. The van der Waals surface area contributed by atoms with Gasteiger partial charge in [-0.2, -0.15) is 0 Å². The number of aliphatic hydroxyl groups excluding tert-OH is 1. The Balaban J connectivity index is 1.37. The number of carbonyl (C=O) groups is 1. The first kappa shape index (κ1) is 24.2. The zero-order valence-electron chi connectivity index (χ0n) is 21.0. The lowest BCUT2D eigenvalue weighted by atomic mass is 9.53. The lowest BCUT2D eigenvalue weighted by Crippen LogP contribution is -2.45. The van der Waals surface area contributed by atoms with E-state index in [2.05, 4.69) is 13.8 Å². The van der Waals surface area contributed by atoms with E-state index in [0.717, 1.165) is 19.3 Å². The number of aliphatic hydroxyl groups is 1. The van der Waals surface area contributed by atoms with Crippen molar-refractivity contribution in [1.82, 2.24) is 0 Å². The SMILES string of the molecule is CCCCCCCCCCCC[C@H]1C[C@]2(C)[C@@H](O)CC[C@H]2[C@@H]2CCC3=CC(=O)CCC3=C12. The summed E-state index contributed by atoms with van der Waals surface area (Å²) in [5, 5.41) is 10.9. The number of unbranched alkanes of at least 4 members (excludes halogenated alkanes) is 9. The van der Waals surface area contributed by atoms with Crippen molar-refractivity contribution in [3.8, 4) is 0 Å². The maximum Gasteiger partial charge on any atom is 0.156 e. The molecule has 32 heavy (non-hydrogen) atoms. The topological polar surface area (TPSA) is 37.3 Å². The molecule has 180 valence electrons. The highest BCUT2D eigenvalue weighted by molar-refractivity contribution is 5.93. The molecule has 4 aliphatic carbocycles. The van der Waals surface area contributed by atoms with Gasteiger partial charge in [0.15, 0.2) is 5.78 Å². The van der Waals surface area contributed by atoms with Crippen LogP contribution in [-0.4, -0.2) is 17.0 Å². The molecule has 2 saturated carbocycles. The van der Waals surface area contributed by atoms with E-state index in [1.54, 1.807) is 11.1 Å². The molecule has 5 atom stereocenters. The van der Waals surface area contributed by atoms with Gasteiger partial charge < -0.3 is 5.11 Å². The van der Waals surface area contributed by atoms with Gasteiger partial charge in [0.2, 0.25) is 0 Å². The molecule has 0 bridgehead atoms. The van der Waals surface area contributed by atoms with Crippen LogP contribution in [0.5, 0.6) is 0 Å². The zero-order chi connectivity index (χ0) is 22.6. The molecule has 0 radical (unpaired) electrons. The molecule has 4 rings (SSSR count). The van der Waals surface area contributed by atoms with Gasteiger partial charge in [-0.25, -0.2) is 0 Å². The summed E-state index contributed by atoms with van der Waals surface area (Å²) in [5.41, 5.74) is 4.83. The van der Waals surface area contributed by atoms with E-state index >= 15 is 0 Å². The van der Waals surface area contributed by atoms with Crippen LogP contribution >= 0.6 is 0 Å². The number of carbonyl (C=O) groups excluding carboxylic acids is 1. The van der Waals surface area contributed by atoms with E-state index in [1.165, 1.54) is 95.5 Å². The summed E-state index contributed by atoms with van der Waals surface area (Å²) in [6.45, 7) is 4.69. The van der Waals surface area contributed by atoms with Crippen molar-refractivity contribution in [2.75, 3.05) is 0 Å². The summed E-state index contributed by atoms with van der Waals surface area (Å²) in [6.07, 6.45) is 24.4. The third kappa shape index (κ3) is 5.11. The molecule has 2 heteroatoms. The highest BCUT2D eigenvalue weighted by Crippen LogP contribution is 2.62. The lowest BCUT2D eigenvalue weighted by molar-refractivity contribution is -0.114. The predicted molar refractivity (Wildman–Crippen MR) is 133 cm³/mol. The Morgan fingerprint density at radius 3 is 2.31 bits per heavy atom. The van der Waals surface area contributed by atoms with E-state index in [4.69, 9.17) is 0 Å². The first-order valence-corrected chi connectivity index (χ1v) is 14.2. The zero-order valence-corrected chi connectivity index (χ0v) is 21.0. The van der Waals surface area contributed by atoms with E-state index in [1.807, 2.05) is 6.08 Å². The number of fused-ring (bicyclic) bond motifs is 4. The molecule has 0 aromatic rings. The molecule has 2 nitrogen and oxygen atoms in total. The van der Waals surface area contributed by atoms with Crippen molar-refractivity contribution in [3.05, 3.63) is 22.8 Å². The van der Waals surface area contributed by atoms with Crippen molar-refractivity contribution >= 4 is 5.78 Å². The summed E-state index contributed by atoms with van der Waals surface area (Å²) < 4.78 is 0. The fourth-order valence-corrected chi connectivity index (χ4v) is 7.94. The standard InChI is InChI=1S/C30H48O2/c1-3-4-5-6-7-8-9-10-11-12-13-23-21-30(2)27(18-19-28(30)32)26-16-14-22-20-24(31)15-17-25(22)29(23)26/h20,23,26-28,32H,3-19,21H2,1-2H3/t23-,26-,27-,28-,30-/m0/s1. The van der Waals surface area contributed by atoms with Crippen LogP contribution in [0.4, 0.5) is 0 Å². The first-order chi connectivity index (χ1) is 15.5. The van der Waals surface area contributed by atoms with Gasteiger partial charge in [0.25, 0.3) is 0 Å². The average Bonchev–Trinajstić information content (AvgIpc) is 3.08. The third-order valence-corrected chi connectivity index (χ3v) is 9.69. The molecule has 0 aliphatic heterocycles. The van der Waals surface area contributed by atoms with Crippen LogP contribution in [0, 0.1) is 23.2 Å². The molecule has 0 heterocycles. The highest BCUT2D eigenvalue weighted by Gasteiger charge is 2.55. The Hall–Kier alpha value is -0.890. The normalized spacial score (nSPS) is 34.2. The fraction of sp³-hybridized carbons (Fsp3) is 0.833. The molecule has 0 unspecified atom stereocenters. The van der Waals surface area contributed by atoms with Gasteiger partial charge in [-0.05, 0) is 85.3 Å². The molecule has 0 aromatic carbocycles. The van der Waals surface area contributed by atoms with Crippen LogP contribution in [-0.2, 0) is 4.79 Å². The van der Waals surface area contributed by atoms with Crippen molar-refractivity contribution in [1.29, 1.82) is 0 Å². The Morgan fingerprint density at radius 1 is 0.906 bits per heavy atom. The molecular weight excluding hydrogens is 392 g/mol. The molecular formula is C30H48O2. The minimum Gasteiger partial charge on any atom is -0.393 e. The van der Waals surface area contributed by atoms with Gasteiger partial charge in [-0.15, -0.1) is 0 Å². The van der Waals surface area contributed by atoms with Crippen LogP contribution in [0.25, 0.3) is 0 Å². The summed E-state index contributed by atoms with van der Waals surface area (Å²) in [7, 11) is 0. The van der Waals surface area contributed by atoms with E-state index < -0.39 is 0 Å². The number of rotatable bonds is 11.